The van der Waals surface area contributed by atoms with E-state index in [1.165, 1.54) is 11.8 Å². The van der Waals surface area contributed by atoms with Gasteiger partial charge in [-0.2, -0.15) is 0 Å². The molecule has 0 radical (unpaired) electrons. The Bertz CT molecular complexity index is 1150. The van der Waals surface area contributed by atoms with Crippen molar-refractivity contribution in [1.29, 1.82) is 0 Å². The van der Waals surface area contributed by atoms with Crippen LogP contribution in [0.2, 0.25) is 5.02 Å². The number of rotatable bonds is 6. The zero-order valence-corrected chi connectivity index (χ0v) is 20.1. The second kappa shape index (κ2) is 9.25. The van der Waals surface area contributed by atoms with Crippen LogP contribution in [0.4, 0.5) is 4.39 Å². The molecule has 32 heavy (non-hydrogen) atoms. The van der Waals surface area contributed by atoms with Crippen molar-refractivity contribution < 1.29 is 13.9 Å². The van der Waals surface area contributed by atoms with Crippen molar-refractivity contribution >= 4 is 23.4 Å². The fourth-order valence-electron chi connectivity index (χ4n) is 4.38. The number of hydrogen-bond acceptors (Lipinski definition) is 6. The molecule has 0 amide bonds. The van der Waals surface area contributed by atoms with Crippen LogP contribution in [0, 0.1) is 5.82 Å². The van der Waals surface area contributed by atoms with Gasteiger partial charge in [-0.1, -0.05) is 41.6 Å². The van der Waals surface area contributed by atoms with E-state index in [4.69, 9.17) is 26.1 Å². The lowest BCUT2D eigenvalue weighted by Gasteiger charge is -2.41. The molecule has 1 atom stereocenters. The first-order valence-electron chi connectivity index (χ1n) is 10.2. The molecule has 0 saturated heterocycles. The predicted molar refractivity (Wildman–Crippen MR) is 125 cm³/mol. The van der Waals surface area contributed by atoms with Crippen molar-refractivity contribution in [3.8, 4) is 11.5 Å². The zero-order chi connectivity index (χ0) is 22.9. The van der Waals surface area contributed by atoms with Gasteiger partial charge in [-0.15, -0.1) is 0 Å². The molecule has 0 aliphatic carbocycles. The Morgan fingerprint density at radius 3 is 2.75 bits per heavy atom. The van der Waals surface area contributed by atoms with E-state index in [0.29, 0.717) is 30.4 Å². The van der Waals surface area contributed by atoms with E-state index < -0.39 is 11.2 Å². The maximum atomic E-state index is 15.2. The van der Waals surface area contributed by atoms with E-state index in [0.717, 1.165) is 28.3 Å². The third-order valence-corrected chi connectivity index (χ3v) is 6.77. The van der Waals surface area contributed by atoms with Gasteiger partial charge in [0.1, 0.15) is 17.3 Å². The Kier molecular flexibility index (Phi) is 6.60. The molecule has 0 spiro atoms. The van der Waals surface area contributed by atoms with Gasteiger partial charge in [0.25, 0.3) is 0 Å². The fourth-order valence-corrected chi connectivity index (χ4v) is 4.89. The number of aromatic nitrogens is 2. The van der Waals surface area contributed by atoms with Gasteiger partial charge in [-0.3, -0.25) is 4.90 Å². The highest BCUT2D eigenvalue weighted by Gasteiger charge is 2.41. The Morgan fingerprint density at radius 2 is 2.03 bits per heavy atom. The molecular formula is C24H25ClFN3O2S. The van der Waals surface area contributed by atoms with Crippen LogP contribution in [0.15, 0.2) is 47.8 Å². The second-order valence-corrected chi connectivity index (χ2v) is 9.17. The van der Waals surface area contributed by atoms with Gasteiger partial charge in [-0.25, -0.2) is 14.4 Å². The molecule has 2 heterocycles. The molecule has 1 aliphatic heterocycles. The summed E-state index contributed by atoms with van der Waals surface area (Å²) in [6, 6.07) is 10.9. The van der Waals surface area contributed by atoms with Gasteiger partial charge in [0.2, 0.25) is 0 Å². The minimum absolute atomic E-state index is 0.110. The highest BCUT2D eigenvalue weighted by molar-refractivity contribution is 7.98. The highest BCUT2D eigenvalue weighted by Crippen LogP contribution is 2.41. The van der Waals surface area contributed by atoms with Crippen LogP contribution in [0.25, 0.3) is 0 Å². The summed E-state index contributed by atoms with van der Waals surface area (Å²) in [4.78, 5) is 11.5. The quantitative estimate of drug-likeness (QED) is 0.356. The molecule has 8 heteroatoms. The average molecular weight is 474 g/mol. The lowest BCUT2D eigenvalue weighted by molar-refractivity contribution is 0.186. The zero-order valence-electron chi connectivity index (χ0n) is 18.5. The number of benzene rings is 2. The summed E-state index contributed by atoms with van der Waals surface area (Å²) in [6.45, 7) is 3.86. The lowest BCUT2D eigenvalue weighted by Crippen LogP contribution is -2.45. The third kappa shape index (κ3) is 4.17. The number of halogens is 2. The van der Waals surface area contributed by atoms with Gasteiger partial charge < -0.3 is 9.47 Å². The standard InChI is InChI=1S/C24H25ClFN3O2S/c1-24(18-6-5-7-19(25)21(18)26)14-29(13-16-11-27-23(32-4)28-22(16)24)12-15-8-9-17(30-2)10-20(15)31-3/h5-11H,12-14H2,1-4H3. The highest BCUT2D eigenvalue weighted by atomic mass is 35.5. The number of thioether (sulfide) groups is 1. The van der Waals surface area contributed by atoms with Gasteiger partial charge >= 0.3 is 0 Å². The van der Waals surface area contributed by atoms with E-state index in [9.17, 15) is 0 Å². The molecule has 168 valence electrons. The summed E-state index contributed by atoms with van der Waals surface area (Å²) in [5.74, 6) is 1.08. The Balaban J connectivity index is 1.78. The number of hydrogen-bond donors (Lipinski definition) is 0. The van der Waals surface area contributed by atoms with Crippen molar-refractivity contribution in [1.82, 2.24) is 14.9 Å². The number of nitrogens with zero attached hydrogens (tertiary/aromatic N) is 3. The van der Waals surface area contributed by atoms with Crippen LogP contribution in [-0.2, 0) is 18.5 Å². The van der Waals surface area contributed by atoms with Crippen LogP contribution in [-0.4, -0.2) is 41.9 Å². The minimum atomic E-state index is -0.699. The van der Waals surface area contributed by atoms with Gasteiger partial charge in [0.15, 0.2) is 5.16 Å². The van der Waals surface area contributed by atoms with Crippen molar-refractivity contribution in [3.63, 3.8) is 0 Å². The Hall–Kier alpha value is -2.35. The van der Waals surface area contributed by atoms with Gasteiger partial charge in [-0.05, 0) is 25.3 Å². The molecule has 0 fully saturated rings. The summed E-state index contributed by atoms with van der Waals surface area (Å²) >= 11 is 7.63. The first-order valence-corrected chi connectivity index (χ1v) is 11.8. The number of fused-ring (bicyclic) bond motifs is 1. The van der Waals surface area contributed by atoms with E-state index in [1.54, 1.807) is 32.4 Å². The predicted octanol–water partition coefficient (Wildman–Crippen LogP) is 5.33. The molecule has 0 saturated carbocycles. The van der Waals surface area contributed by atoms with Gasteiger partial charge in [0, 0.05) is 48.6 Å². The number of ether oxygens (including phenoxy) is 2. The largest absolute Gasteiger partial charge is 0.497 e. The van der Waals surface area contributed by atoms with Crippen molar-refractivity contribution in [3.05, 3.63) is 75.8 Å². The molecule has 5 nitrogen and oxygen atoms in total. The maximum absolute atomic E-state index is 15.2. The molecule has 2 aromatic carbocycles. The summed E-state index contributed by atoms with van der Waals surface area (Å²) in [5.41, 5.74) is 2.67. The first kappa shape index (κ1) is 22.8. The summed E-state index contributed by atoms with van der Waals surface area (Å²) in [7, 11) is 3.27. The third-order valence-electron chi connectivity index (χ3n) is 5.92. The topological polar surface area (TPSA) is 47.5 Å². The fraction of sp³-hybridized carbons (Fsp3) is 0.333. The monoisotopic (exact) mass is 473 g/mol. The summed E-state index contributed by atoms with van der Waals surface area (Å²) in [5, 5.41) is 0.779. The lowest BCUT2D eigenvalue weighted by atomic mass is 9.74. The van der Waals surface area contributed by atoms with E-state index in [1.807, 2.05) is 37.6 Å². The molecule has 1 aliphatic rings. The summed E-state index contributed by atoms with van der Waals surface area (Å²) in [6.07, 6.45) is 3.79. The van der Waals surface area contributed by atoms with Crippen molar-refractivity contribution in [2.75, 3.05) is 27.0 Å². The van der Waals surface area contributed by atoms with Crippen LogP contribution in [0.1, 0.15) is 29.3 Å². The van der Waals surface area contributed by atoms with E-state index in [2.05, 4.69) is 9.88 Å². The Morgan fingerprint density at radius 1 is 1.22 bits per heavy atom. The van der Waals surface area contributed by atoms with Crippen molar-refractivity contribution in [2.24, 2.45) is 0 Å². The molecular weight excluding hydrogens is 449 g/mol. The van der Waals surface area contributed by atoms with Crippen LogP contribution in [0.5, 0.6) is 11.5 Å². The second-order valence-electron chi connectivity index (χ2n) is 7.99. The molecule has 1 unspecified atom stereocenters. The van der Waals surface area contributed by atoms with Crippen LogP contribution >= 0.6 is 23.4 Å². The smallest absolute Gasteiger partial charge is 0.187 e. The van der Waals surface area contributed by atoms with Gasteiger partial charge in [0.05, 0.1) is 30.4 Å². The van der Waals surface area contributed by atoms with Crippen LogP contribution in [0.3, 0.4) is 0 Å². The Labute approximate surface area is 196 Å². The SMILES string of the molecule is COc1ccc(CN2Cc3cnc(SC)nc3C(C)(c3cccc(Cl)c3F)C2)c(OC)c1. The normalized spacial score (nSPS) is 18.3. The van der Waals surface area contributed by atoms with Crippen molar-refractivity contribution in [2.45, 2.75) is 30.6 Å². The molecule has 4 rings (SSSR count). The first-order chi connectivity index (χ1) is 15.4. The molecule has 0 bridgehead atoms. The molecule has 1 aromatic heterocycles. The average Bonchev–Trinajstić information content (AvgIpc) is 2.80. The summed E-state index contributed by atoms with van der Waals surface area (Å²) < 4.78 is 26.1. The van der Waals surface area contributed by atoms with E-state index in [-0.39, 0.29) is 5.02 Å². The number of methoxy groups -OCH3 is 2. The maximum Gasteiger partial charge on any atom is 0.187 e. The van der Waals surface area contributed by atoms with Crippen LogP contribution < -0.4 is 9.47 Å². The molecule has 3 aromatic rings. The minimum Gasteiger partial charge on any atom is -0.497 e. The van der Waals surface area contributed by atoms with E-state index >= 15 is 4.39 Å². The molecule has 0 N–H and O–H groups in total.